The molecule has 1 atom stereocenters. The van der Waals surface area contributed by atoms with Crippen LogP contribution in [0.1, 0.15) is 25.3 Å². The van der Waals surface area contributed by atoms with Crippen LogP contribution in [0.4, 0.5) is 0 Å². The minimum Gasteiger partial charge on any atom is -0.381 e. The molecule has 1 aromatic carbocycles. The molecule has 2 nitrogen and oxygen atoms in total. The van der Waals surface area contributed by atoms with Crippen molar-refractivity contribution in [1.29, 1.82) is 0 Å². The molecule has 0 amide bonds. The highest BCUT2D eigenvalue weighted by Crippen LogP contribution is 2.33. The van der Waals surface area contributed by atoms with Crippen LogP contribution < -0.4 is 5.73 Å². The predicted octanol–water partition coefficient (Wildman–Crippen LogP) is 3.50. The number of ether oxygens (including phenoxy) is 1. The lowest BCUT2D eigenvalue weighted by Crippen LogP contribution is -2.19. The lowest BCUT2D eigenvalue weighted by Gasteiger charge is -2.23. The molecule has 0 spiro atoms. The second-order valence-electron chi connectivity index (χ2n) is 4.86. The summed E-state index contributed by atoms with van der Waals surface area (Å²) in [5.41, 5.74) is 7.18. The predicted molar refractivity (Wildman–Crippen MR) is 78.5 cm³/mol. The van der Waals surface area contributed by atoms with Gasteiger partial charge in [0.15, 0.2) is 0 Å². The van der Waals surface area contributed by atoms with Crippen molar-refractivity contribution in [2.24, 2.45) is 5.73 Å². The second kappa shape index (κ2) is 6.80. The average Bonchev–Trinajstić information content (AvgIpc) is 2.33. The maximum atomic E-state index is 6.07. The van der Waals surface area contributed by atoms with E-state index in [1.165, 1.54) is 10.5 Å². The van der Waals surface area contributed by atoms with Crippen LogP contribution in [0.2, 0.25) is 5.02 Å². The molecule has 100 valence electrons. The Labute approximate surface area is 118 Å². The molecule has 0 radical (unpaired) electrons. The quantitative estimate of drug-likeness (QED) is 0.920. The molecular weight excluding hydrogens is 266 g/mol. The van der Waals surface area contributed by atoms with Crippen LogP contribution in [0.25, 0.3) is 0 Å². The van der Waals surface area contributed by atoms with Crippen molar-refractivity contribution in [3.05, 3.63) is 28.8 Å². The van der Waals surface area contributed by atoms with E-state index in [4.69, 9.17) is 22.1 Å². The van der Waals surface area contributed by atoms with Crippen LogP contribution in [-0.2, 0) is 11.2 Å². The van der Waals surface area contributed by atoms with E-state index in [1.807, 2.05) is 30.8 Å². The zero-order valence-electron chi connectivity index (χ0n) is 10.7. The first-order valence-corrected chi connectivity index (χ1v) is 7.69. The molecule has 2 rings (SSSR count). The summed E-state index contributed by atoms with van der Waals surface area (Å²) in [6.07, 6.45) is 3.14. The van der Waals surface area contributed by atoms with E-state index in [-0.39, 0.29) is 6.04 Å². The third-order valence-electron chi connectivity index (χ3n) is 3.03. The molecule has 2 N–H and O–H groups in total. The van der Waals surface area contributed by atoms with Crippen LogP contribution in [0.15, 0.2) is 23.1 Å². The maximum Gasteiger partial charge on any atom is 0.0476 e. The summed E-state index contributed by atoms with van der Waals surface area (Å²) in [6, 6.07) is 6.30. The highest BCUT2D eigenvalue weighted by Gasteiger charge is 2.17. The van der Waals surface area contributed by atoms with Gasteiger partial charge in [-0.1, -0.05) is 11.6 Å². The lowest BCUT2D eigenvalue weighted by molar-refractivity contribution is 0.1000. The smallest absolute Gasteiger partial charge is 0.0476 e. The van der Waals surface area contributed by atoms with Crippen molar-refractivity contribution in [3.63, 3.8) is 0 Å². The number of hydrogen-bond donors (Lipinski definition) is 1. The fourth-order valence-corrected chi connectivity index (χ4v) is 3.56. The minimum absolute atomic E-state index is 0.164. The van der Waals surface area contributed by atoms with Gasteiger partial charge in [-0.25, -0.2) is 0 Å². The molecule has 1 aliphatic rings. The number of rotatable bonds is 4. The van der Waals surface area contributed by atoms with Crippen LogP contribution in [0, 0.1) is 0 Å². The van der Waals surface area contributed by atoms with Gasteiger partial charge in [0.25, 0.3) is 0 Å². The topological polar surface area (TPSA) is 35.2 Å². The monoisotopic (exact) mass is 285 g/mol. The Bertz CT molecular complexity index is 391. The standard InChI is InChI=1S/C14H20ClNOS/c1-10(16)8-11-9-12(15)2-3-14(11)18-13-4-6-17-7-5-13/h2-3,9-10,13H,4-8,16H2,1H3. The second-order valence-corrected chi connectivity index (χ2v) is 6.64. The molecule has 4 heteroatoms. The molecule has 1 heterocycles. The zero-order chi connectivity index (χ0) is 13.0. The van der Waals surface area contributed by atoms with E-state index in [0.717, 1.165) is 37.5 Å². The Kier molecular flexibility index (Phi) is 5.37. The van der Waals surface area contributed by atoms with Gasteiger partial charge >= 0.3 is 0 Å². The normalized spacial score (nSPS) is 18.8. The Morgan fingerprint density at radius 3 is 2.83 bits per heavy atom. The minimum atomic E-state index is 0.164. The third kappa shape index (κ3) is 4.16. The van der Waals surface area contributed by atoms with E-state index >= 15 is 0 Å². The van der Waals surface area contributed by atoms with E-state index in [2.05, 4.69) is 6.07 Å². The highest BCUT2D eigenvalue weighted by atomic mass is 35.5. The fraction of sp³-hybridized carbons (Fsp3) is 0.571. The first-order valence-electron chi connectivity index (χ1n) is 6.43. The molecule has 1 aromatic rings. The first kappa shape index (κ1) is 14.2. The summed E-state index contributed by atoms with van der Waals surface area (Å²) < 4.78 is 5.40. The molecule has 1 unspecified atom stereocenters. The summed E-state index contributed by atoms with van der Waals surface area (Å²) in [6.45, 7) is 3.80. The molecule has 1 fully saturated rings. The van der Waals surface area contributed by atoms with Gasteiger partial charge in [-0.05, 0) is 49.9 Å². The highest BCUT2D eigenvalue weighted by molar-refractivity contribution is 8.00. The van der Waals surface area contributed by atoms with Crippen LogP contribution >= 0.6 is 23.4 Å². The third-order valence-corrected chi connectivity index (χ3v) is 4.72. The Hall–Kier alpha value is -0.220. The SMILES string of the molecule is CC(N)Cc1cc(Cl)ccc1SC1CCOCC1. The summed E-state index contributed by atoms with van der Waals surface area (Å²) in [5.74, 6) is 0. The van der Waals surface area contributed by atoms with Crippen molar-refractivity contribution in [2.45, 2.75) is 42.4 Å². The van der Waals surface area contributed by atoms with Crippen LogP contribution in [0.5, 0.6) is 0 Å². The summed E-state index contributed by atoms with van der Waals surface area (Å²) in [5, 5.41) is 1.45. The first-order chi connectivity index (χ1) is 8.65. The van der Waals surface area contributed by atoms with Gasteiger partial charge < -0.3 is 10.5 Å². The summed E-state index contributed by atoms with van der Waals surface area (Å²) in [7, 11) is 0. The van der Waals surface area contributed by atoms with Crippen molar-refractivity contribution in [2.75, 3.05) is 13.2 Å². The van der Waals surface area contributed by atoms with Gasteiger partial charge in [0.05, 0.1) is 0 Å². The number of halogens is 1. The number of thioether (sulfide) groups is 1. The molecule has 0 saturated carbocycles. The molecule has 0 aromatic heterocycles. The molecule has 0 bridgehead atoms. The molecule has 1 aliphatic heterocycles. The van der Waals surface area contributed by atoms with Crippen LogP contribution in [-0.4, -0.2) is 24.5 Å². The average molecular weight is 286 g/mol. The van der Waals surface area contributed by atoms with Crippen molar-refractivity contribution >= 4 is 23.4 Å². The van der Waals surface area contributed by atoms with Crippen LogP contribution in [0.3, 0.4) is 0 Å². The maximum absolute atomic E-state index is 6.07. The van der Waals surface area contributed by atoms with Crippen molar-refractivity contribution in [1.82, 2.24) is 0 Å². The van der Waals surface area contributed by atoms with Gasteiger partial charge in [-0.15, -0.1) is 11.8 Å². The molecule has 1 saturated heterocycles. The number of hydrogen-bond acceptors (Lipinski definition) is 3. The van der Waals surface area contributed by atoms with Gasteiger partial charge in [0.1, 0.15) is 0 Å². The lowest BCUT2D eigenvalue weighted by atomic mass is 10.1. The molecule has 18 heavy (non-hydrogen) atoms. The van der Waals surface area contributed by atoms with E-state index in [0.29, 0.717) is 5.25 Å². The van der Waals surface area contributed by atoms with E-state index in [9.17, 15) is 0 Å². The van der Waals surface area contributed by atoms with E-state index < -0.39 is 0 Å². The number of benzene rings is 1. The van der Waals surface area contributed by atoms with Gasteiger partial charge in [0, 0.05) is 34.4 Å². The van der Waals surface area contributed by atoms with Gasteiger partial charge in [-0.3, -0.25) is 0 Å². The summed E-state index contributed by atoms with van der Waals surface area (Å²) in [4.78, 5) is 1.32. The number of nitrogens with two attached hydrogens (primary N) is 1. The van der Waals surface area contributed by atoms with Gasteiger partial charge in [-0.2, -0.15) is 0 Å². The molecular formula is C14H20ClNOS. The van der Waals surface area contributed by atoms with E-state index in [1.54, 1.807) is 0 Å². The summed E-state index contributed by atoms with van der Waals surface area (Å²) >= 11 is 8.02. The Balaban J connectivity index is 2.09. The Morgan fingerprint density at radius 1 is 1.44 bits per heavy atom. The molecule has 0 aliphatic carbocycles. The zero-order valence-corrected chi connectivity index (χ0v) is 12.3. The largest absolute Gasteiger partial charge is 0.381 e. The fourth-order valence-electron chi connectivity index (χ4n) is 2.14. The van der Waals surface area contributed by atoms with Gasteiger partial charge in [0.2, 0.25) is 0 Å². The Morgan fingerprint density at radius 2 is 2.17 bits per heavy atom. The van der Waals surface area contributed by atoms with Crippen molar-refractivity contribution < 1.29 is 4.74 Å². The van der Waals surface area contributed by atoms with Crippen molar-refractivity contribution in [3.8, 4) is 0 Å².